The lowest BCUT2D eigenvalue weighted by atomic mass is 9.67. The van der Waals surface area contributed by atoms with E-state index in [1.165, 1.54) is 33.4 Å². The third-order valence-corrected chi connectivity index (χ3v) is 8.85. The van der Waals surface area contributed by atoms with Crippen LogP contribution < -0.4 is 22.3 Å². The maximum Gasteiger partial charge on any atom is 0.346 e. The fourth-order valence-electron chi connectivity index (χ4n) is 5.33. The third kappa shape index (κ3) is 4.26. The summed E-state index contributed by atoms with van der Waals surface area (Å²) in [6, 6.07) is 34.8. The molecular weight excluding hydrogens is 448 g/mol. The molecule has 0 spiro atoms. The van der Waals surface area contributed by atoms with E-state index in [4.69, 9.17) is 26.7 Å². The maximum atomic E-state index is 6.00. The molecule has 5 nitrogen and oxygen atoms in total. The zero-order valence-corrected chi connectivity index (χ0v) is 20.8. The van der Waals surface area contributed by atoms with E-state index in [1.54, 1.807) is 0 Å². The summed E-state index contributed by atoms with van der Waals surface area (Å²) in [5.74, 6) is 0. The number of nitrogen functional groups attached to an aromatic ring is 2. The van der Waals surface area contributed by atoms with Crippen LogP contribution in [0.5, 0.6) is 0 Å². The minimum Gasteiger partial charge on any atom is -0.399 e. The molecule has 1 aliphatic carbocycles. The molecule has 0 radical (unpaired) electrons. The molecule has 1 fully saturated rings. The van der Waals surface area contributed by atoms with E-state index in [9.17, 15) is 0 Å². The van der Waals surface area contributed by atoms with Crippen LogP contribution in [0.4, 0.5) is 11.4 Å². The van der Waals surface area contributed by atoms with Gasteiger partial charge in [-0.15, -0.1) is 0 Å². The molecule has 2 aliphatic rings. The molecule has 1 heterocycles. The first-order valence-corrected chi connectivity index (χ1v) is 14.3. The number of anilines is 2. The molecule has 178 valence electrons. The highest BCUT2D eigenvalue weighted by Gasteiger charge is 2.45. The summed E-state index contributed by atoms with van der Waals surface area (Å²) in [7, 11) is -2.09. The quantitative estimate of drug-likeness (QED) is 0.213. The fourth-order valence-corrected chi connectivity index (χ4v) is 6.80. The molecule has 0 atom stereocenters. The minimum absolute atomic E-state index is 0.380. The van der Waals surface area contributed by atoms with Crippen molar-refractivity contribution >= 4 is 20.0 Å². The normalized spacial score (nSPS) is 17.0. The Kier molecular flexibility index (Phi) is 6.21. The van der Waals surface area contributed by atoms with Crippen LogP contribution >= 0.6 is 0 Å². The van der Waals surface area contributed by atoms with Crippen molar-refractivity contribution in [2.75, 3.05) is 18.1 Å². The van der Waals surface area contributed by atoms with Crippen LogP contribution in [-0.2, 0) is 9.84 Å². The highest BCUT2D eigenvalue weighted by molar-refractivity contribution is 6.67. The van der Waals surface area contributed by atoms with Crippen molar-refractivity contribution in [2.45, 2.75) is 24.3 Å². The van der Waals surface area contributed by atoms with Crippen molar-refractivity contribution in [1.82, 2.24) is 0 Å². The summed E-state index contributed by atoms with van der Waals surface area (Å²) in [5, 5.41) is 11.1. The molecule has 0 aromatic heterocycles. The van der Waals surface area contributed by atoms with Gasteiger partial charge >= 0.3 is 8.64 Å². The molecule has 0 bridgehead atoms. The van der Waals surface area contributed by atoms with Gasteiger partial charge in [-0.25, -0.2) is 0 Å². The molecule has 4 aromatic carbocycles. The van der Waals surface area contributed by atoms with Gasteiger partial charge < -0.3 is 26.7 Å². The van der Waals surface area contributed by atoms with Gasteiger partial charge in [0.25, 0.3) is 0 Å². The van der Waals surface area contributed by atoms with Gasteiger partial charge in [-0.1, -0.05) is 72.8 Å². The van der Waals surface area contributed by atoms with Gasteiger partial charge in [0.15, 0.2) is 0 Å². The Morgan fingerprint density at radius 3 is 1.43 bits per heavy atom. The molecule has 1 aliphatic heterocycles. The summed E-state index contributed by atoms with van der Waals surface area (Å²) in [6.07, 6.45) is 2.28. The van der Waals surface area contributed by atoms with Gasteiger partial charge in [0.1, 0.15) is 0 Å². The highest BCUT2D eigenvalue weighted by atomic mass is 28.4. The summed E-state index contributed by atoms with van der Waals surface area (Å²) < 4.78 is 5.16. The van der Waals surface area contributed by atoms with Crippen LogP contribution in [0.3, 0.4) is 0 Å². The van der Waals surface area contributed by atoms with Gasteiger partial charge in [-0.2, -0.15) is 0 Å². The van der Waals surface area contributed by atoms with E-state index in [2.05, 4.69) is 72.8 Å². The summed E-state index contributed by atoms with van der Waals surface area (Å²) in [4.78, 5) is 0. The van der Waals surface area contributed by atoms with E-state index >= 15 is 0 Å². The number of fused-ring (bicyclic) bond motifs is 3. The van der Waals surface area contributed by atoms with E-state index < -0.39 is 8.64 Å². The Bertz CT molecular complexity index is 1220. The lowest BCUT2D eigenvalue weighted by molar-refractivity contribution is 0.267. The fraction of sp³-hybridized carbons (Fsp3) is 0.172. The Balaban J connectivity index is 0.000000271. The van der Waals surface area contributed by atoms with E-state index in [-0.39, 0.29) is 5.41 Å². The average Bonchev–Trinajstić information content (AvgIpc) is 3.17. The number of hydrogen-bond acceptors (Lipinski definition) is 5. The molecule has 6 rings (SSSR count). The van der Waals surface area contributed by atoms with E-state index in [0.29, 0.717) is 0 Å². The largest absolute Gasteiger partial charge is 0.399 e. The zero-order valence-electron chi connectivity index (χ0n) is 19.8. The first kappa shape index (κ1) is 23.3. The Hall–Kier alpha value is -3.42. The van der Waals surface area contributed by atoms with Crippen LogP contribution in [0.2, 0.25) is 6.04 Å². The van der Waals surface area contributed by atoms with Gasteiger partial charge in [0.2, 0.25) is 0 Å². The Morgan fingerprint density at radius 2 is 1.06 bits per heavy atom. The lowest BCUT2D eigenvalue weighted by Gasteiger charge is -2.34. The molecule has 4 aromatic rings. The number of hydrogen-bond donors (Lipinski definition) is 4. The average molecular weight is 481 g/mol. The minimum atomic E-state index is -2.09. The standard InChI is InChI=1S/C25H20N2.C4H12N2OSi/c26-19-13-9-17(10-14-19)25(18-11-15-20(27)16-12-18)23-7-3-1-5-21(23)22-6-2-4-8-24(22)25;5-8(6)4-2-1-3-7-8/h1-16H,26-27H2;1-6H2. The summed E-state index contributed by atoms with van der Waals surface area (Å²) >= 11 is 0. The molecule has 0 amide bonds. The van der Waals surface area contributed by atoms with Crippen LogP contribution in [-0.4, -0.2) is 15.2 Å². The molecule has 0 unspecified atom stereocenters. The van der Waals surface area contributed by atoms with Crippen molar-refractivity contribution in [3.05, 3.63) is 119 Å². The van der Waals surface area contributed by atoms with Crippen LogP contribution in [0.15, 0.2) is 97.1 Å². The first-order chi connectivity index (χ1) is 16.9. The second kappa shape index (κ2) is 9.32. The second-order valence-electron chi connectivity index (χ2n) is 9.35. The molecule has 0 saturated carbocycles. The van der Waals surface area contributed by atoms with Crippen LogP contribution in [0.25, 0.3) is 11.1 Å². The van der Waals surface area contributed by atoms with Gasteiger partial charge in [-0.3, -0.25) is 0 Å². The smallest absolute Gasteiger partial charge is 0.346 e. The summed E-state index contributed by atoms with van der Waals surface area (Å²) in [5.41, 5.74) is 20.7. The van der Waals surface area contributed by atoms with Gasteiger partial charge in [-0.05, 0) is 76.5 Å². The SMILES string of the molecule is N[Si]1(N)CCCCO1.Nc1ccc(C2(c3ccc(N)cc3)c3ccccc3-c3ccccc32)cc1. The zero-order chi connectivity index (χ0) is 24.5. The summed E-state index contributed by atoms with van der Waals surface area (Å²) in [6.45, 7) is 0.777. The number of benzene rings is 4. The molecular formula is C29H32N4OSi. The lowest BCUT2D eigenvalue weighted by Crippen LogP contribution is -2.60. The second-order valence-corrected chi connectivity index (χ2v) is 12.0. The number of nitrogens with two attached hydrogens (primary N) is 4. The first-order valence-electron chi connectivity index (χ1n) is 12.0. The van der Waals surface area contributed by atoms with Crippen LogP contribution in [0.1, 0.15) is 35.1 Å². The van der Waals surface area contributed by atoms with Crippen LogP contribution in [0, 0.1) is 0 Å². The molecule has 8 N–H and O–H groups in total. The molecule has 1 saturated heterocycles. The highest BCUT2D eigenvalue weighted by Crippen LogP contribution is 2.55. The Morgan fingerprint density at radius 1 is 0.600 bits per heavy atom. The van der Waals surface area contributed by atoms with Crippen molar-refractivity contribution < 1.29 is 4.43 Å². The van der Waals surface area contributed by atoms with E-state index in [1.807, 2.05) is 24.3 Å². The Labute approximate surface area is 208 Å². The topological polar surface area (TPSA) is 113 Å². The maximum absolute atomic E-state index is 6.00. The van der Waals surface area contributed by atoms with Crippen molar-refractivity contribution in [3.8, 4) is 11.1 Å². The van der Waals surface area contributed by atoms with E-state index in [0.717, 1.165) is 36.9 Å². The predicted octanol–water partition coefficient (Wildman–Crippen LogP) is 4.87. The van der Waals surface area contributed by atoms with Gasteiger partial charge in [0.05, 0.1) is 5.41 Å². The monoisotopic (exact) mass is 480 g/mol. The van der Waals surface area contributed by atoms with Gasteiger partial charge in [0, 0.05) is 18.0 Å². The predicted molar refractivity (Wildman–Crippen MR) is 147 cm³/mol. The van der Waals surface area contributed by atoms with Crippen molar-refractivity contribution in [2.24, 2.45) is 10.8 Å². The van der Waals surface area contributed by atoms with Crippen molar-refractivity contribution in [1.29, 1.82) is 0 Å². The number of rotatable bonds is 2. The van der Waals surface area contributed by atoms with Crippen molar-refractivity contribution in [3.63, 3.8) is 0 Å². The third-order valence-electron chi connectivity index (χ3n) is 6.97. The molecule has 35 heavy (non-hydrogen) atoms. The molecule has 6 heteroatoms.